The zero-order chi connectivity index (χ0) is 16.2. The fraction of sp³-hybridized carbons (Fsp3) is 0.375. The average molecular weight is 369 g/mol. The van der Waals surface area contributed by atoms with Crippen LogP contribution in [0.2, 0.25) is 0 Å². The first-order chi connectivity index (χ1) is 11.2. The van der Waals surface area contributed by atoms with Crippen LogP contribution in [0.3, 0.4) is 0 Å². The number of thiazole rings is 1. The molecule has 130 valence electrons. The molecule has 1 aliphatic rings. The third-order valence-corrected chi connectivity index (χ3v) is 4.74. The van der Waals surface area contributed by atoms with Gasteiger partial charge in [0.2, 0.25) is 0 Å². The molecule has 2 N–H and O–H groups in total. The minimum atomic E-state index is 0. The monoisotopic (exact) mass is 368 g/mol. The largest absolute Gasteiger partial charge is 0.497 e. The summed E-state index contributed by atoms with van der Waals surface area (Å²) in [6.45, 7) is 4.01. The zero-order valence-corrected chi connectivity index (χ0v) is 15.1. The van der Waals surface area contributed by atoms with Crippen LogP contribution in [0, 0.1) is 0 Å². The van der Waals surface area contributed by atoms with Gasteiger partial charge in [0.15, 0.2) is 5.13 Å². The van der Waals surface area contributed by atoms with Gasteiger partial charge in [0.1, 0.15) is 5.75 Å². The van der Waals surface area contributed by atoms with E-state index in [-0.39, 0.29) is 18.3 Å². The molecule has 0 radical (unpaired) electrons. The number of methoxy groups -OCH3 is 1. The van der Waals surface area contributed by atoms with E-state index in [1.165, 1.54) is 11.3 Å². The number of rotatable bonds is 4. The van der Waals surface area contributed by atoms with Gasteiger partial charge >= 0.3 is 0 Å². The van der Waals surface area contributed by atoms with Gasteiger partial charge in [-0.05, 0) is 18.2 Å². The van der Waals surface area contributed by atoms with E-state index >= 15 is 0 Å². The van der Waals surface area contributed by atoms with Gasteiger partial charge in [0, 0.05) is 49.4 Å². The third kappa shape index (κ3) is 4.37. The number of piperazine rings is 1. The molecule has 1 saturated heterocycles. The highest BCUT2D eigenvalue weighted by Gasteiger charge is 2.22. The molecule has 0 aliphatic carbocycles. The van der Waals surface area contributed by atoms with Crippen molar-refractivity contribution in [3.05, 3.63) is 40.9 Å². The molecule has 24 heavy (non-hydrogen) atoms. The number of carbonyl (C=O) groups is 1. The van der Waals surface area contributed by atoms with Crippen molar-refractivity contribution in [3.8, 4) is 5.75 Å². The molecule has 0 spiro atoms. The molecule has 1 fully saturated rings. The molecular formula is C16H21ClN4O2S. The number of benzene rings is 1. The molecule has 3 rings (SSSR count). The maximum absolute atomic E-state index is 12.6. The van der Waals surface area contributed by atoms with Crippen molar-refractivity contribution in [1.82, 2.24) is 14.8 Å². The predicted octanol–water partition coefficient (Wildman–Crippen LogP) is 2.11. The van der Waals surface area contributed by atoms with Crippen LogP contribution >= 0.6 is 23.7 Å². The first-order valence-electron chi connectivity index (χ1n) is 7.51. The van der Waals surface area contributed by atoms with Gasteiger partial charge in [-0.2, -0.15) is 0 Å². The van der Waals surface area contributed by atoms with Crippen LogP contribution in [0.25, 0.3) is 0 Å². The standard InChI is InChI=1S/C16H20N4O2S.ClH/c1-22-13-4-2-3-12(9-13)15(21)20-7-5-19(6-8-20)11-14-10-18-16(17)23-14;/h2-4,9-10H,5-8,11H2,1H3,(H2,17,18);1H. The number of amides is 1. The van der Waals surface area contributed by atoms with Crippen LogP contribution in [0.1, 0.15) is 15.2 Å². The molecule has 0 bridgehead atoms. The summed E-state index contributed by atoms with van der Waals surface area (Å²) in [4.78, 5) is 22.0. The van der Waals surface area contributed by atoms with E-state index in [1.807, 2.05) is 29.3 Å². The van der Waals surface area contributed by atoms with E-state index < -0.39 is 0 Å². The highest BCUT2D eigenvalue weighted by molar-refractivity contribution is 7.15. The molecule has 0 saturated carbocycles. The maximum Gasteiger partial charge on any atom is 0.254 e. The summed E-state index contributed by atoms with van der Waals surface area (Å²) in [5.41, 5.74) is 6.33. The summed E-state index contributed by atoms with van der Waals surface area (Å²) in [6.07, 6.45) is 1.83. The molecule has 1 aromatic carbocycles. The Balaban J connectivity index is 0.00000208. The lowest BCUT2D eigenvalue weighted by atomic mass is 10.1. The van der Waals surface area contributed by atoms with Crippen LogP contribution in [0.4, 0.5) is 5.13 Å². The second-order valence-electron chi connectivity index (χ2n) is 5.47. The van der Waals surface area contributed by atoms with Crippen molar-refractivity contribution in [2.75, 3.05) is 39.0 Å². The van der Waals surface area contributed by atoms with Crippen LogP contribution in [-0.2, 0) is 6.54 Å². The number of nitrogens with two attached hydrogens (primary N) is 1. The smallest absolute Gasteiger partial charge is 0.254 e. The number of nitrogen functional groups attached to an aromatic ring is 1. The fourth-order valence-electron chi connectivity index (χ4n) is 2.66. The van der Waals surface area contributed by atoms with Crippen molar-refractivity contribution in [2.45, 2.75) is 6.54 Å². The first-order valence-corrected chi connectivity index (χ1v) is 8.33. The van der Waals surface area contributed by atoms with Gasteiger partial charge in [0.05, 0.1) is 7.11 Å². The van der Waals surface area contributed by atoms with Crippen molar-refractivity contribution < 1.29 is 9.53 Å². The highest BCUT2D eigenvalue weighted by atomic mass is 35.5. The summed E-state index contributed by atoms with van der Waals surface area (Å²) in [6, 6.07) is 7.30. The topological polar surface area (TPSA) is 71.7 Å². The molecule has 0 unspecified atom stereocenters. The van der Waals surface area contributed by atoms with Gasteiger partial charge in [-0.25, -0.2) is 4.98 Å². The highest BCUT2D eigenvalue weighted by Crippen LogP contribution is 2.19. The molecule has 0 atom stereocenters. The SMILES string of the molecule is COc1cccc(C(=O)N2CCN(Cc3cnc(N)s3)CC2)c1.Cl. The summed E-state index contributed by atoms with van der Waals surface area (Å²) < 4.78 is 5.18. The summed E-state index contributed by atoms with van der Waals surface area (Å²) in [5, 5.41) is 0.604. The molecule has 1 aliphatic heterocycles. The Hall–Kier alpha value is -1.83. The summed E-state index contributed by atoms with van der Waals surface area (Å²) in [5.74, 6) is 0.767. The Morgan fingerprint density at radius 2 is 2.08 bits per heavy atom. The van der Waals surface area contributed by atoms with Crippen molar-refractivity contribution in [3.63, 3.8) is 0 Å². The number of ether oxygens (including phenoxy) is 1. The Bertz CT molecular complexity index is 686. The fourth-order valence-corrected chi connectivity index (χ4v) is 3.39. The van der Waals surface area contributed by atoms with E-state index in [9.17, 15) is 4.79 Å². The van der Waals surface area contributed by atoms with Gasteiger partial charge in [-0.15, -0.1) is 23.7 Å². The van der Waals surface area contributed by atoms with E-state index in [0.29, 0.717) is 16.4 Å². The zero-order valence-electron chi connectivity index (χ0n) is 13.5. The summed E-state index contributed by atoms with van der Waals surface area (Å²) >= 11 is 1.52. The van der Waals surface area contributed by atoms with Crippen molar-refractivity contribution in [1.29, 1.82) is 0 Å². The van der Waals surface area contributed by atoms with Gasteiger partial charge in [0.25, 0.3) is 5.91 Å². The number of carbonyl (C=O) groups excluding carboxylic acids is 1. The molecule has 1 aromatic heterocycles. The molecule has 1 amide bonds. The number of hydrogen-bond acceptors (Lipinski definition) is 6. The normalized spacial score (nSPS) is 15.0. The third-order valence-electron chi connectivity index (χ3n) is 3.93. The Morgan fingerprint density at radius 3 is 2.71 bits per heavy atom. The first kappa shape index (κ1) is 18.5. The van der Waals surface area contributed by atoms with Crippen molar-refractivity contribution >= 4 is 34.8 Å². The molecule has 2 aromatic rings. The molecule has 6 nitrogen and oxygen atoms in total. The predicted molar refractivity (Wildman–Crippen MR) is 97.9 cm³/mol. The Labute approximate surface area is 151 Å². The van der Waals surface area contributed by atoms with Crippen LogP contribution in [0.15, 0.2) is 30.5 Å². The second kappa shape index (κ2) is 8.32. The van der Waals surface area contributed by atoms with E-state index in [1.54, 1.807) is 13.2 Å². The lowest BCUT2D eigenvalue weighted by Gasteiger charge is -2.34. The molecule has 8 heteroatoms. The minimum Gasteiger partial charge on any atom is -0.497 e. The van der Waals surface area contributed by atoms with E-state index in [4.69, 9.17) is 10.5 Å². The van der Waals surface area contributed by atoms with Gasteiger partial charge in [-0.1, -0.05) is 6.07 Å². The molecule has 2 heterocycles. The average Bonchev–Trinajstić information content (AvgIpc) is 3.00. The quantitative estimate of drug-likeness (QED) is 0.894. The Morgan fingerprint density at radius 1 is 1.33 bits per heavy atom. The number of nitrogens with zero attached hydrogens (tertiary/aromatic N) is 3. The number of aromatic nitrogens is 1. The second-order valence-corrected chi connectivity index (χ2v) is 6.61. The minimum absolute atomic E-state index is 0. The number of anilines is 1. The van der Waals surface area contributed by atoms with Gasteiger partial charge in [-0.3, -0.25) is 9.69 Å². The molecular weight excluding hydrogens is 348 g/mol. The number of hydrogen-bond donors (Lipinski definition) is 1. The van der Waals surface area contributed by atoms with E-state index in [2.05, 4.69) is 9.88 Å². The lowest BCUT2D eigenvalue weighted by Crippen LogP contribution is -2.48. The van der Waals surface area contributed by atoms with Crippen LogP contribution in [-0.4, -0.2) is 54.0 Å². The van der Waals surface area contributed by atoms with Crippen molar-refractivity contribution in [2.24, 2.45) is 0 Å². The number of halogens is 1. The van der Waals surface area contributed by atoms with Crippen LogP contribution in [0.5, 0.6) is 5.75 Å². The van der Waals surface area contributed by atoms with E-state index in [0.717, 1.165) is 37.6 Å². The lowest BCUT2D eigenvalue weighted by molar-refractivity contribution is 0.0629. The van der Waals surface area contributed by atoms with Gasteiger partial charge < -0.3 is 15.4 Å². The van der Waals surface area contributed by atoms with Crippen LogP contribution < -0.4 is 10.5 Å². The summed E-state index contributed by atoms with van der Waals surface area (Å²) in [7, 11) is 1.61. The maximum atomic E-state index is 12.6. The Kier molecular flexibility index (Phi) is 6.42.